The predicted molar refractivity (Wildman–Crippen MR) is 217 cm³/mol. The van der Waals surface area contributed by atoms with Gasteiger partial charge in [0.1, 0.15) is 13.2 Å². The lowest BCUT2D eigenvalue weighted by Crippen LogP contribution is -2.44. The van der Waals surface area contributed by atoms with Crippen molar-refractivity contribution in [1.29, 1.82) is 0 Å². The Balaban J connectivity index is 0.887. The number of fused-ring (bicyclic) bond motifs is 6. The van der Waals surface area contributed by atoms with Crippen molar-refractivity contribution in [1.82, 2.24) is 14.8 Å². The van der Waals surface area contributed by atoms with Gasteiger partial charge in [0.25, 0.3) is 11.8 Å². The molecular weight excluding hydrogens is 721 g/mol. The Morgan fingerprint density at radius 3 is 1.53 bits per heavy atom. The van der Waals surface area contributed by atoms with E-state index in [2.05, 4.69) is 34.1 Å². The number of carbonyl (C=O) groups is 2. The Kier molecular flexibility index (Phi) is 9.75. The molecule has 2 atom stereocenters. The number of methoxy groups -OCH3 is 2. The molecule has 0 saturated carbocycles. The summed E-state index contributed by atoms with van der Waals surface area (Å²) in [6, 6.07) is 27.1. The van der Waals surface area contributed by atoms with Gasteiger partial charge in [-0.2, -0.15) is 0 Å². The van der Waals surface area contributed by atoms with E-state index in [4.69, 9.17) is 28.9 Å². The Morgan fingerprint density at radius 1 is 0.614 bits per heavy atom. The van der Waals surface area contributed by atoms with Crippen LogP contribution in [-0.2, 0) is 25.9 Å². The number of nitrogens with zero attached hydrogens (tertiary/aromatic N) is 6. The number of anilines is 1. The molecule has 1 aromatic heterocycles. The summed E-state index contributed by atoms with van der Waals surface area (Å²) in [5, 5.41) is 0. The van der Waals surface area contributed by atoms with Gasteiger partial charge in [0.15, 0.2) is 23.0 Å². The zero-order chi connectivity index (χ0) is 38.9. The molecule has 57 heavy (non-hydrogen) atoms. The second-order valence-corrected chi connectivity index (χ2v) is 14.4. The molecule has 288 valence electrons. The van der Waals surface area contributed by atoms with Gasteiger partial charge >= 0.3 is 0 Å². The number of aliphatic imine (C=N–C) groups is 2. The minimum atomic E-state index is -0.131. The number of aromatic nitrogens is 1. The Hall–Kier alpha value is -6.69. The Labute approximate surface area is 331 Å². The first-order chi connectivity index (χ1) is 28.0. The summed E-state index contributed by atoms with van der Waals surface area (Å²) in [5.74, 6) is 1.76. The van der Waals surface area contributed by atoms with Gasteiger partial charge in [-0.1, -0.05) is 48.5 Å². The molecule has 0 aliphatic carbocycles. The molecule has 0 fully saturated rings. The first-order valence-corrected chi connectivity index (χ1v) is 19.2. The molecule has 12 heteroatoms. The highest BCUT2D eigenvalue weighted by Crippen LogP contribution is 2.40. The van der Waals surface area contributed by atoms with E-state index in [1.807, 2.05) is 58.6 Å². The van der Waals surface area contributed by atoms with E-state index >= 15 is 0 Å². The van der Waals surface area contributed by atoms with E-state index in [9.17, 15) is 9.59 Å². The summed E-state index contributed by atoms with van der Waals surface area (Å²) >= 11 is 0. The number of pyridine rings is 1. The second-order valence-electron chi connectivity index (χ2n) is 14.4. The monoisotopic (exact) mass is 762 g/mol. The van der Waals surface area contributed by atoms with Crippen molar-refractivity contribution < 1.29 is 28.5 Å². The van der Waals surface area contributed by atoms with Gasteiger partial charge in [-0.15, -0.1) is 0 Å². The summed E-state index contributed by atoms with van der Waals surface area (Å²) in [6.45, 7) is 2.68. The fraction of sp³-hybridized carbons (Fsp3) is 0.267. The molecule has 0 spiro atoms. The lowest BCUT2D eigenvalue weighted by atomic mass is 9.94. The molecule has 9 rings (SSSR count). The molecule has 4 aliphatic rings. The van der Waals surface area contributed by atoms with Crippen molar-refractivity contribution in [3.8, 4) is 23.0 Å². The summed E-state index contributed by atoms with van der Waals surface area (Å²) in [7, 11) is 3.14. The van der Waals surface area contributed by atoms with E-state index in [1.54, 1.807) is 50.9 Å². The maximum atomic E-state index is 13.9. The maximum absolute atomic E-state index is 13.9. The maximum Gasteiger partial charge on any atom is 0.257 e. The Morgan fingerprint density at radius 2 is 1.07 bits per heavy atom. The number of ether oxygens (including phenoxy) is 4. The van der Waals surface area contributed by atoms with Crippen molar-refractivity contribution in [2.24, 2.45) is 9.98 Å². The third kappa shape index (κ3) is 7.03. The minimum absolute atomic E-state index is 0.0815. The average Bonchev–Trinajstić information content (AvgIpc) is 3.46. The normalized spacial score (nSPS) is 17.5. The molecular formula is C45H42N6O6. The highest BCUT2D eigenvalue weighted by Gasteiger charge is 2.35. The quantitative estimate of drug-likeness (QED) is 0.147. The van der Waals surface area contributed by atoms with Crippen LogP contribution in [0.5, 0.6) is 23.0 Å². The zero-order valence-corrected chi connectivity index (χ0v) is 31.8. The van der Waals surface area contributed by atoms with E-state index in [0.717, 1.165) is 29.7 Å². The second kappa shape index (κ2) is 15.4. The van der Waals surface area contributed by atoms with Crippen LogP contribution in [0.25, 0.3) is 0 Å². The molecule has 0 bridgehead atoms. The molecule has 4 aromatic carbocycles. The van der Waals surface area contributed by atoms with Crippen molar-refractivity contribution in [3.05, 3.63) is 131 Å². The largest absolute Gasteiger partial charge is 0.493 e. The van der Waals surface area contributed by atoms with Crippen LogP contribution in [0, 0.1) is 0 Å². The van der Waals surface area contributed by atoms with Gasteiger partial charge in [0.2, 0.25) is 0 Å². The Bertz CT molecular complexity index is 2250. The van der Waals surface area contributed by atoms with Crippen LogP contribution >= 0.6 is 0 Å². The highest BCUT2D eigenvalue weighted by molar-refractivity contribution is 6.04. The standard InChI is InChI=1S/C45H42N6O6/c1-54-40-21-36-38(47-25-34-19-29-7-3-5-9-31(29)27-50(34)44(36)52)23-42(40)56-17-15-49(33-11-13-46-14-12-33)16-18-57-43-24-39-37(22-41(43)55-2)45(53)51-28-32-10-6-4-8-30(32)20-35(51)26-48-39/h3-14,21-26,34-35H,15-20,27-28H2,1-2H3/t34-,35-/m0/s1. The molecule has 0 unspecified atom stereocenters. The number of rotatable bonds is 11. The summed E-state index contributed by atoms with van der Waals surface area (Å²) in [5.41, 5.74) is 7.79. The minimum Gasteiger partial charge on any atom is -0.493 e. The van der Waals surface area contributed by atoms with E-state index in [-0.39, 0.29) is 23.9 Å². The summed E-state index contributed by atoms with van der Waals surface area (Å²) in [6.07, 6.45) is 8.67. The lowest BCUT2D eigenvalue weighted by Gasteiger charge is -2.34. The third-order valence-electron chi connectivity index (χ3n) is 11.2. The smallest absolute Gasteiger partial charge is 0.257 e. The number of carbonyl (C=O) groups excluding carboxylic acids is 2. The van der Waals surface area contributed by atoms with Gasteiger partial charge in [0, 0.05) is 55.7 Å². The van der Waals surface area contributed by atoms with Gasteiger partial charge in [-0.3, -0.25) is 24.6 Å². The summed E-state index contributed by atoms with van der Waals surface area (Å²) in [4.78, 5) is 47.3. The van der Waals surface area contributed by atoms with Crippen molar-refractivity contribution in [2.45, 2.75) is 38.0 Å². The van der Waals surface area contributed by atoms with Gasteiger partial charge in [0.05, 0.1) is 61.9 Å². The number of amides is 2. The van der Waals surface area contributed by atoms with Gasteiger partial charge < -0.3 is 33.6 Å². The van der Waals surface area contributed by atoms with E-state index in [1.165, 1.54) is 11.1 Å². The molecule has 0 N–H and O–H groups in total. The van der Waals surface area contributed by atoms with Crippen LogP contribution in [0.1, 0.15) is 43.0 Å². The summed E-state index contributed by atoms with van der Waals surface area (Å²) < 4.78 is 24.2. The first kappa shape index (κ1) is 36.0. The lowest BCUT2D eigenvalue weighted by molar-refractivity contribution is 0.0696. The molecule has 2 amide bonds. The number of hydrogen-bond donors (Lipinski definition) is 0. The third-order valence-corrected chi connectivity index (χ3v) is 11.2. The number of benzene rings is 4. The van der Waals surface area contributed by atoms with Gasteiger partial charge in [-0.25, -0.2) is 0 Å². The first-order valence-electron chi connectivity index (χ1n) is 19.2. The SMILES string of the molecule is COc1cc2c(cc1OCCN(CCOc1cc3c(cc1OC)C(=O)N1Cc4ccccc4C[C@H]1C=N3)c1ccncc1)N=C[C@@H]1Cc3ccccc3CN1C2=O. The fourth-order valence-corrected chi connectivity index (χ4v) is 8.10. The van der Waals surface area contributed by atoms with E-state index in [0.29, 0.717) is 84.9 Å². The van der Waals surface area contributed by atoms with E-state index < -0.39 is 0 Å². The predicted octanol–water partition coefficient (Wildman–Crippen LogP) is 6.63. The molecule has 0 saturated heterocycles. The van der Waals surface area contributed by atoms with Crippen molar-refractivity contribution >= 4 is 41.3 Å². The fourth-order valence-electron chi connectivity index (χ4n) is 8.10. The van der Waals surface area contributed by atoms with Crippen LogP contribution in [0.4, 0.5) is 17.1 Å². The van der Waals surface area contributed by atoms with Crippen LogP contribution in [0.3, 0.4) is 0 Å². The molecule has 4 aliphatic heterocycles. The highest BCUT2D eigenvalue weighted by atomic mass is 16.5. The van der Waals surface area contributed by atoms with Crippen LogP contribution in [0.15, 0.2) is 107 Å². The van der Waals surface area contributed by atoms with Crippen molar-refractivity contribution in [2.75, 3.05) is 45.4 Å². The zero-order valence-electron chi connectivity index (χ0n) is 31.8. The topological polar surface area (TPSA) is 118 Å². The van der Waals surface area contributed by atoms with Crippen LogP contribution in [0.2, 0.25) is 0 Å². The van der Waals surface area contributed by atoms with Crippen LogP contribution < -0.4 is 23.8 Å². The molecule has 0 radical (unpaired) electrons. The molecule has 12 nitrogen and oxygen atoms in total. The average molecular weight is 763 g/mol. The van der Waals surface area contributed by atoms with Gasteiger partial charge in [-0.05, 0) is 59.4 Å². The van der Waals surface area contributed by atoms with Crippen LogP contribution in [-0.4, -0.2) is 91.6 Å². The number of hydrogen-bond acceptors (Lipinski definition) is 10. The van der Waals surface area contributed by atoms with Crippen molar-refractivity contribution in [3.63, 3.8) is 0 Å². The molecule has 5 heterocycles. The molecule has 5 aromatic rings.